The molecule has 1 saturated heterocycles. The average molecular weight is 331 g/mol. The van der Waals surface area contributed by atoms with Crippen molar-refractivity contribution in [2.45, 2.75) is 33.6 Å². The summed E-state index contributed by atoms with van der Waals surface area (Å²) in [5.74, 6) is 2.45. The second kappa shape index (κ2) is 6.75. The maximum absolute atomic E-state index is 6.02. The molecule has 1 N–H and O–H groups in total. The first kappa shape index (κ1) is 16.1. The summed E-state index contributed by atoms with van der Waals surface area (Å²) in [6, 6.07) is 7.80. The van der Waals surface area contributed by atoms with E-state index in [9.17, 15) is 0 Å². The summed E-state index contributed by atoms with van der Waals surface area (Å²) in [4.78, 5) is 11.6. The van der Waals surface area contributed by atoms with E-state index in [1.807, 2.05) is 38.1 Å². The first-order valence-corrected chi connectivity index (χ1v) is 8.53. The number of hydrogen-bond donors (Lipinski definition) is 1. The number of anilines is 3. The van der Waals surface area contributed by atoms with Gasteiger partial charge < -0.3 is 10.2 Å². The maximum atomic E-state index is 6.02. The molecule has 0 spiro atoms. The molecule has 5 heteroatoms. The van der Waals surface area contributed by atoms with Crippen LogP contribution < -0.4 is 10.2 Å². The lowest BCUT2D eigenvalue weighted by Crippen LogP contribution is -2.34. The predicted octanol–water partition coefficient (Wildman–Crippen LogP) is 4.73. The molecule has 0 atom stereocenters. The number of rotatable bonds is 3. The van der Waals surface area contributed by atoms with E-state index in [0.717, 1.165) is 52.7 Å². The first-order chi connectivity index (χ1) is 11.0. The van der Waals surface area contributed by atoms with Crippen LogP contribution in [0.3, 0.4) is 0 Å². The Balaban J connectivity index is 1.82. The lowest BCUT2D eigenvalue weighted by molar-refractivity contribution is 0.434. The minimum absolute atomic E-state index is 0.745. The largest absolute Gasteiger partial charge is 0.341 e. The van der Waals surface area contributed by atoms with E-state index in [2.05, 4.69) is 22.1 Å². The summed E-state index contributed by atoms with van der Waals surface area (Å²) < 4.78 is 0. The Labute approximate surface area is 142 Å². The molecule has 122 valence electrons. The van der Waals surface area contributed by atoms with E-state index in [4.69, 9.17) is 16.6 Å². The molecule has 4 nitrogen and oxygen atoms in total. The van der Waals surface area contributed by atoms with Gasteiger partial charge in [0.1, 0.15) is 5.82 Å². The fourth-order valence-corrected chi connectivity index (χ4v) is 3.10. The van der Waals surface area contributed by atoms with Crippen molar-refractivity contribution in [1.29, 1.82) is 0 Å². The molecule has 1 aromatic carbocycles. The zero-order valence-corrected chi connectivity index (χ0v) is 14.7. The summed E-state index contributed by atoms with van der Waals surface area (Å²) in [5.41, 5.74) is 3.09. The third kappa shape index (κ3) is 3.94. The van der Waals surface area contributed by atoms with E-state index >= 15 is 0 Å². The molecule has 0 aliphatic carbocycles. The monoisotopic (exact) mass is 330 g/mol. The Morgan fingerprint density at radius 3 is 2.57 bits per heavy atom. The van der Waals surface area contributed by atoms with Crippen LogP contribution in [0.1, 0.15) is 31.0 Å². The number of nitrogens with zero attached hydrogens (tertiary/aromatic N) is 3. The molecule has 3 rings (SSSR count). The standard InChI is InChI=1S/C18H23ClN4/c1-12-6-8-23(9-7-12)18-20-14(3)11-17(22-18)21-16-5-4-15(19)10-13(16)2/h4-5,10-12H,6-9H2,1-3H3,(H,20,21,22). The topological polar surface area (TPSA) is 41.1 Å². The van der Waals surface area contributed by atoms with E-state index in [0.29, 0.717) is 0 Å². The van der Waals surface area contributed by atoms with Gasteiger partial charge in [0, 0.05) is 35.6 Å². The number of piperidine rings is 1. The van der Waals surface area contributed by atoms with Crippen molar-refractivity contribution in [2.24, 2.45) is 5.92 Å². The van der Waals surface area contributed by atoms with Crippen molar-refractivity contribution in [3.8, 4) is 0 Å². The van der Waals surface area contributed by atoms with Gasteiger partial charge >= 0.3 is 0 Å². The molecule has 0 unspecified atom stereocenters. The molecule has 2 aromatic rings. The van der Waals surface area contributed by atoms with Crippen LogP contribution in [0.5, 0.6) is 0 Å². The van der Waals surface area contributed by atoms with E-state index in [1.165, 1.54) is 12.8 Å². The molecule has 2 heterocycles. The SMILES string of the molecule is Cc1cc(Nc2ccc(Cl)cc2C)nc(N2CCC(C)CC2)n1. The van der Waals surface area contributed by atoms with Crippen molar-refractivity contribution in [3.63, 3.8) is 0 Å². The van der Waals surface area contributed by atoms with Crippen molar-refractivity contribution in [2.75, 3.05) is 23.3 Å². The predicted molar refractivity (Wildman–Crippen MR) is 96.9 cm³/mol. The zero-order valence-electron chi connectivity index (χ0n) is 13.9. The fraction of sp³-hybridized carbons (Fsp3) is 0.444. The van der Waals surface area contributed by atoms with Gasteiger partial charge in [0.15, 0.2) is 0 Å². The van der Waals surface area contributed by atoms with Gasteiger partial charge in [-0.05, 0) is 56.4 Å². The summed E-state index contributed by atoms with van der Waals surface area (Å²) in [6.45, 7) is 8.42. The fourth-order valence-electron chi connectivity index (χ4n) is 2.87. The average Bonchev–Trinajstić information content (AvgIpc) is 2.50. The van der Waals surface area contributed by atoms with Crippen LogP contribution in [0.4, 0.5) is 17.5 Å². The molecule has 1 aliphatic rings. The molecule has 1 aliphatic heterocycles. The minimum Gasteiger partial charge on any atom is -0.341 e. The van der Waals surface area contributed by atoms with Crippen LogP contribution in [0.25, 0.3) is 0 Å². The molecular weight excluding hydrogens is 308 g/mol. The lowest BCUT2D eigenvalue weighted by atomic mass is 10.00. The van der Waals surface area contributed by atoms with Crippen LogP contribution in [-0.4, -0.2) is 23.1 Å². The van der Waals surface area contributed by atoms with Gasteiger partial charge in [-0.25, -0.2) is 4.98 Å². The number of aryl methyl sites for hydroxylation is 2. The second-order valence-electron chi connectivity index (χ2n) is 6.45. The summed E-state index contributed by atoms with van der Waals surface area (Å²) in [6.07, 6.45) is 2.41. The van der Waals surface area contributed by atoms with E-state index in [-0.39, 0.29) is 0 Å². The highest BCUT2D eigenvalue weighted by Gasteiger charge is 2.18. The second-order valence-corrected chi connectivity index (χ2v) is 6.88. The van der Waals surface area contributed by atoms with Crippen molar-refractivity contribution < 1.29 is 0 Å². The van der Waals surface area contributed by atoms with Gasteiger partial charge in [0.05, 0.1) is 0 Å². The Hall–Kier alpha value is -1.81. The van der Waals surface area contributed by atoms with Crippen LogP contribution >= 0.6 is 11.6 Å². The Bertz CT molecular complexity index is 693. The molecule has 1 fully saturated rings. The summed E-state index contributed by atoms with van der Waals surface area (Å²) >= 11 is 6.02. The molecule has 0 amide bonds. The van der Waals surface area contributed by atoms with Crippen LogP contribution in [0.15, 0.2) is 24.3 Å². The molecule has 1 aromatic heterocycles. The number of nitrogens with one attached hydrogen (secondary N) is 1. The first-order valence-electron chi connectivity index (χ1n) is 8.15. The van der Waals surface area contributed by atoms with Gasteiger partial charge in [-0.15, -0.1) is 0 Å². The highest BCUT2D eigenvalue weighted by atomic mass is 35.5. The minimum atomic E-state index is 0.745. The van der Waals surface area contributed by atoms with Gasteiger partial charge in [0.25, 0.3) is 0 Å². The van der Waals surface area contributed by atoms with Gasteiger partial charge in [-0.2, -0.15) is 4.98 Å². The number of halogens is 1. The molecule has 0 bridgehead atoms. The van der Waals surface area contributed by atoms with Crippen LogP contribution in [0.2, 0.25) is 5.02 Å². The third-order valence-electron chi connectivity index (χ3n) is 4.36. The highest BCUT2D eigenvalue weighted by molar-refractivity contribution is 6.30. The molecule has 23 heavy (non-hydrogen) atoms. The number of hydrogen-bond acceptors (Lipinski definition) is 4. The van der Waals surface area contributed by atoms with Crippen molar-refractivity contribution in [3.05, 3.63) is 40.5 Å². The smallest absolute Gasteiger partial charge is 0.227 e. The quantitative estimate of drug-likeness (QED) is 0.883. The van der Waals surface area contributed by atoms with Crippen LogP contribution in [-0.2, 0) is 0 Å². The highest BCUT2D eigenvalue weighted by Crippen LogP contribution is 2.25. The van der Waals surface area contributed by atoms with Crippen LogP contribution in [0, 0.1) is 19.8 Å². The Kier molecular flexibility index (Phi) is 4.71. The maximum Gasteiger partial charge on any atom is 0.227 e. The normalized spacial score (nSPS) is 15.7. The van der Waals surface area contributed by atoms with Crippen molar-refractivity contribution in [1.82, 2.24) is 9.97 Å². The van der Waals surface area contributed by atoms with E-state index < -0.39 is 0 Å². The summed E-state index contributed by atoms with van der Waals surface area (Å²) in [7, 11) is 0. The molecule has 0 radical (unpaired) electrons. The molecule has 0 saturated carbocycles. The lowest BCUT2D eigenvalue weighted by Gasteiger charge is -2.30. The van der Waals surface area contributed by atoms with Gasteiger partial charge in [-0.1, -0.05) is 18.5 Å². The van der Waals surface area contributed by atoms with E-state index in [1.54, 1.807) is 0 Å². The number of aromatic nitrogens is 2. The molecular formula is C18H23ClN4. The Morgan fingerprint density at radius 2 is 1.87 bits per heavy atom. The third-order valence-corrected chi connectivity index (χ3v) is 4.60. The zero-order chi connectivity index (χ0) is 16.4. The summed E-state index contributed by atoms with van der Waals surface area (Å²) in [5, 5.41) is 4.14. The number of benzene rings is 1. The van der Waals surface area contributed by atoms with Gasteiger partial charge in [-0.3, -0.25) is 0 Å². The van der Waals surface area contributed by atoms with Crippen molar-refractivity contribution >= 4 is 29.1 Å². The Morgan fingerprint density at radius 1 is 1.13 bits per heavy atom. The van der Waals surface area contributed by atoms with Gasteiger partial charge in [0.2, 0.25) is 5.95 Å².